The van der Waals surface area contributed by atoms with Crippen molar-refractivity contribution in [3.05, 3.63) is 69.2 Å². The number of sulfonamides is 1. The van der Waals surface area contributed by atoms with Crippen LogP contribution < -0.4 is 4.72 Å². The molecule has 0 aliphatic carbocycles. The van der Waals surface area contributed by atoms with E-state index in [0.29, 0.717) is 10.6 Å². The number of carboxylic acid groups (broad SMARTS) is 1. The second kappa shape index (κ2) is 7.60. The van der Waals surface area contributed by atoms with Crippen molar-refractivity contribution in [3.63, 3.8) is 0 Å². The van der Waals surface area contributed by atoms with Crippen LogP contribution in [0.1, 0.15) is 18.0 Å². The van der Waals surface area contributed by atoms with Gasteiger partial charge in [-0.15, -0.1) is 0 Å². The fraction of sp³-hybridized carbons (Fsp3) is 0.133. The normalized spacial score (nSPS) is 12.5. The molecule has 0 unspecified atom stereocenters. The molecule has 0 amide bonds. The monoisotopic (exact) mass is 384 g/mol. The van der Waals surface area contributed by atoms with E-state index in [4.69, 9.17) is 16.7 Å². The van der Waals surface area contributed by atoms with Crippen LogP contribution in [-0.4, -0.2) is 24.4 Å². The van der Waals surface area contributed by atoms with Crippen LogP contribution >= 0.6 is 11.6 Å². The van der Waals surface area contributed by atoms with Gasteiger partial charge < -0.3 is 5.11 Å². The lowest BCUT2D eigenvalue weighted by molar-refractivity contribution is -0.385. The molecule has 25 heavy (non-hydrogen) atoms. The number of nitro groups is 1. The molecular formula is C15H13ClN2O6S. The highest BCUT2D eigenvalue weighted by atomic mass is 35.5. The molecule has 2 rings (SSSR count). The number of carbonyl (C=O) groups is 1. The first-order chi connectivity index (χ1) is 11.7. The van der Waals surface area contributed by atoms with Crippen LogP contribution in [0.3, 0.4) is 0 Å². The summed E-state index contributed by atoms with van der Waals surface area (Å²) >= 11 is 5.78. The van der Waals surface area contributed by atoms with Gasteiger partial charge in [0, 0.05) is 17.2 Å². The number of halogens is 1. The molecule has 0 saturated heterocycles. The van der Waals surface area contributed by atoms with E-state index in [9.17, 15) is 23.3 Å². The molecule has 0 bridgehead atoms. The van der Waals surface area contributed by atoms with Crippen molar-refractivity contribution in [2.45, 2.75) is 17.4 Å². The Morgan fingerprint density at radius 2 is 1.88 bits per heavy atom. The van der Waals surface area contributed by atoms with E-state index in [1.54, 1.807) is 0 Å². The fourth-order valence-electron chi connectivity index (χ4n) is 2.12. The average molecular weight is 385 g/mol. The van der Waals surface area contributed by atoms with Crippen LogP contribution in [0.5, 0.6) is 0 Å². The highest BCUT2D eigenvalue weighted by molar-refractivity contribution is 7.89. The maximum atomic E-state index is 12.5. The van der Waals surface area contributed by atoms with Crippen LogP contribution in [0.25, 0.3) is 0 Å². The number of nitro benzene ring substituents is 1. The Bertz CT molecular complexity index is 898. The zero-order valence-electron chi connectivity index (χ0n) is 12.6. The van der Waals surface area contributed by atoms with Crippen molar-refractivity contribution < 1.29 is 23.2 Å². The number of non-ortho nitro benzene ring substituents is 1. The first-order valence-electron chi connectivity index (χ1n) is 6.93. The number of rotatable bonds is 7. The molecule has 0 heterocycles. The lowest BCUT2D eigenvalue weighted by Gasteiger charge is -2.17. The van der Waals surface area contributed by atoms with Gasteiger partial charge in [-0.2, -0.15) is 0 Å². The molecule has 0 aliphatic heterocycles. The lowest BCUT2D eigenvalue weighted by atomic mass is 10.1. The maximum absolute atomic E-state index is 12.5. The fourth-order valence-corrected chi connectivity index (χ4v) is 3.51. The Labute approximate surface area is 148 Å². The van der Waals surface area contributed by atoms with E-state index in [2.05, 4.69) is 4.72 Å². The van der Waals surface area contributed by atoms with E-state index >= 15 is 0 Å². The molecule has 2 aromatic rings. The van der Waals surface area contributed by atoms with Crippen molar-refractivity contribution in [2.75, 3.05) is 0 Å². The Kier molecular flexibility index (Phi) is 5.73. The summed E-state index contributed by atoms with van der Waals surface area (Å²) in [4.78, 5) is 20.8. The van der Waals surface area contributed by atoms with E-state index in [-0.39, 0.29) is 10.6 Å². The van der Waals surface area contributed by atoms with Gasteiger partial charge in [-0.3, -0.25) is 14.9 Å². The summed E-state index contributed by atoms with van der Waals surface area (Å²) in [6, 6.07) is 9.46. The van der Waals surface area contributed by atoms with Gasteiger partial charge in [0.2, 0.25) is 10.0 Å². The summed E-state index contributed by atoms with van der Waals surface area (Å²) < 4.78 is 27.2. The average Bonchev–Trinajstić information content (AvgIpc) is 2.54. The van der Waals surface area contributed by atoms with Crippen molar-refractivity contribution in [1.29, 1.82) is 0 Å². The van der Waals surface area contributed by atoms with E-state index in [0.717, 1.165) is 12.1 Å². The molecule has 132 valence electrons. The van der Waals surface area contributed by atoms with Gasteiger partial charge in [-0.25, -0.2) is 13.1 Å². The van der Waals surface area contributed by atoms with Crippen LogP contribution in [0.15, 0.2) is 53.4 Å². The molecule has 1 atom stereocenters. The summed E-state index contributed by atoms with van der Waals surface area (Å²) in [6.07, 6.45) is -0.504. The Balaban J connectivity index is 2.36. The highest BCUT2D eigenvalue weighted by Crippen LogP contribution is 2.24. The standard InChI is InChI=1S/C15H13ClN2O6S/c16-11-6-4-10(5-7-11)14(9-15(19)20)17-25(23,24)13-3-1-2-12(8-13)18(21)22/h1-8,14,17H,9H2,(H,19,20)/t14-/m0/s1. The number of hydrogen-bond acceptors (Lipinski definition) is 5. The number of nitrogens with one attached hydrogen (secondary N) is 1. The van der Waals surface area contributed by atoms with Gasteiger partial charge in [0.15, 0.2) is 0 Å². The smallest absolute Gasteiger partial charge is 0.305 e. The molecule has 2 aromatic carbocycles. The largest absolute Gasteiger partial charge is 0.481 e. The number of nitrogens with zero attached hydrogens (tertiary/aromatic N) is 1. The van der Waals surface area contributed by atoms with Gasteiger partial charge in [0.25, 0.3) is 5.69 Å². The Morgan fingerprint density at radius 3 is 2.44 bits per heavy atom. The van der Waals surface area contributed by atoms with Crippen LogP contribution in [0.2, 0.25) is 5.02 Å². The van der Waals surface area contributed by atoms with Crippen LogP contribution in [0.4, 0.5) is 5.69 Å². The highest BCUT2D eigenvalue weighted by Gasteiger charge is 2.25. The van der Waals surface area contributed by atoms with Crippen molar-refractivity contribution in [3.8, 4) is 0 Å². The SMILES string of the molecule is O=C(O)C[C@H](NS(=O)(=O)c1cccc([N+](=O)[O-])c1)c1ccc(Cl)cc1. The Morgan fingerprint density at radius 1 is 1.24 bits per heavy atom. The Hall–Kier alpha value is -2.49. The minimum Gasteiger partial charge on any atom is -0.481 e. The van der Waals surface area contributed by atoms with Gasteiger partial charge in [0.05, 0.1) is 22.3 Å². The van der Waals surface area contributed by atoms with Gasteiger partial charge in [0.1, 0.15) is 0 Å². The number of carboxylic acids is 1. The molecule has 0 aliphatic rings. The number of aliphatic carboxylic acids is 1. The first kappa shape index (κ1) is 18.8. The maximum Gasteiger partial charge on any atom is 0.305 e. The second-order valence-corrected chi connectivity index (χ2v) is 7.23. The van der Waals surface area contributed by atoms with E-state index in [1.807, 2.05) is 0 Å². The lowest BCUT2D eigenvalue weighted by Crippen LogP contribution is -2.30. The van der Waals surface area contributed by atoms with E-state index in [1.165, 1.54) is 36.4 Å². The third-order valence-corrected chi connectivity index (χ3v) is 5.01. The number of hydrogen-bond donors (Lipinski definition) is 2. The second-order valence-electron chi connectivity index (χ2n) is 5.08. The molecule has 0 spiro atoms. The van der Waals surface area contributed by atoms with Crippen LogP contribution in [0, 0.1) is 10.1 Å². The minimum atomic E-state index is -4.17. The van der Waals surface area contributed by atoms with Gasteiger partial charge in [-0.05, 0) is 23.8 Å². The third kappa shape index (κ3) is 4.99. The minimum absolute atomic E-state index is 0.328. The topological polar surface area (TPSA) is 127 Å². The van der Waals surface area contributed by atoms with Crippen LogP contribution in [-0.2, 0) is 14.8 Å². The van der Waals surface area contributed by atoms with E-state index < -0.39 is 33.4 Å². The summed E-state index contributed by atoms with van der Waals surface area (Å²) in [5, 5.41) is 20.3. The number of benzene rings is 2. The summed E-state index contributed by atoms with van der Waals surface area (Å²) in [5.41, 5.74) is 0.0185. The summed E-state index contributed by atoms with van der Waals surface area (Å²) in [7, 11) is -4.17. The zero-order chi connectivity index (χ0) is 18.6. The molecule has 0 saturated carbocycles. The summed E-state index contributed by atoms with van der Waals surface area (Å²) in [6.45, 7) is 0. The molecule has 8 nitrogen and oxygen atoms in total. The van der Waals surface area contributed by atoms with Crippen molar-refractivity contribution >= 4 is 33.3 Å². The molecular weight excluding hydrogens is 372 g/mol. The first-order valence-corrected chi connectivity index (χ1v) is 8.79. The predicted molar refractivity (Wildman–Crippen MR) is 89.9 cm³/mol. The predicted octanol–water partition coefficient (Wildman–Crippen LogP) is 2.74. The van der Waals surface area contributed by atoms with Gasteiger partial charge in [-0.1, -0.05) is 29.8 Å². The molecule has 0 radical (unpaired) electrons. The summed E-state index contributed by atoms with van der Waals surface area (Å²) in [5.74, 6) is -1.21. The van der Waals surface area contributed by atoms with Crippen molar-refractivity contribution in [1.82, 2.24) is 4.72 Å². The molecule has 10 heteroatoms. The zero-order valence-corrected chi connectivity index (χ0v) is 14.2. The third-order valence-electron chi connectivity index (χ3n) is 3.29. The molecule has 0 fully saturated rings. The van der Waals surface area contributed by atoms with Crippen molar-refractivity contribution in [2.24, 2.45) is 0 Å². The molecule has 0 aromatic heterocycles. The molecule has 2 N–H and O–H groups in total. The van der Waals surface area contributed by atoms with Gasteiger partial charge >= 0.3 is 5.97 Å². The quantitative estimate of drug-likeness (QED) is 0.558.